The van der Waals surface area contributed by atoms with Crippen molar-refractivity contribution >= 4 is 13.6 Å². The maximum Gasteiger partial charge on any atom is 0.469 e. The summed E-state index contributed by atoms with van der Waals surface area (Å²) in [6.45, 7) is 4.78. The first kappa shape index (κ1) is 33.1. The lowest BCUT2D eigenvalue weighted by atomic mass is 9.46. The molecule has 7 rings (SSSR count). The van der Waals surface area contributed by atoms with E-state index < -0.39 is 24.9 Å². The highest BCUT2D eigenvalue weighted by molar-refractivity contribution is 7.46. The molecule has 2 aromatic rings. The number of nitrogens with two attached hydrogens (primary N) is 1. The Bertz CT molecular complexity index is 1370. The summed E-state index contributed by atoms with van der Waals surface area (Å²) in [5, 5.41) is 11.5. The predicted octanol–water partition coefficient (Wildman–Crippen LogP) is 5.73. The van der Waals surface area contributed by atoms with Gasteiger partial charge in [-0.2, -0.15) is 0 Å². The van der Waals surface area contributed by atoms with Gasteiger partial charge in [-0.3, -0.25) is 9.32 Å². The van der Waals surface area contributed by atoms with Crippen molar-refractivity contribution in [1.29, 1.82) is 0 Å². The number of allylic oxidation sites excluding steroid dienone is 1. The number of carbonyl (C=O) groups excluding carboxylic acids is 1. The third-order valence-corrected chi connectivity index (χ3v) is 10.7. The topological polar surface area (TPSA) is 139 Å². The average molecular weight is 626 g/mol. The molecule has 4 aliphatic carbocycles. The van der Waals surface area contributed by atoms with Crippen molar-refractivity contribution in [1.82, 2.24) is 0 Å². The molecule has 9 heteroatoms. The summed E-state index contributed by atoms with van der Waals surface area (Å²) < 4.78 is 20.9. The van der Waals surface area contributed by atoms with Gasteiger partial charge in [0.25, 0.3) is 0 Å². The van der Waals surface area contributed by atoms with Crippen LogP contribution in [0.25, 0.3) is 0 Å². The molecule has 0 amide bonds. The smallest absolute Gasteiger partial charge is 0.469 e. The number of carbonyl (C=O) groups is 1. The van der Waals surface area contributed by atoms with Gasteiger partial charge in [0.2, 0.25) is 0 Å². The first-order chi connectivity index (χ1) is 21.1. The summed E-state index contributed by atoms with van der Waals surface area (Å²) >= 11 is 0. The molecule has 4 unspecified atom stereocenters. The van der Waals surface area contributed by atoms with Gasteiger partial charge in [-0.25, -0.2) is 4.57 Å². The molecule has 2 aromatic carbocycles. The quantitative estimate of drug-likeness (QED) is 0.149. The summed E-state index contributed by atoms with van der Waals surface area (Å²) in [5.74, 6) is 2.23. The van der Waals surface area contributed by atoms with Gasteiger partial charge in [-0.1, -0.05) is 55.3 Å². The van der Waals surface area contributed by atoms with Gasteiger partial charge in [0.15, 0.2) is 11.9 Å². The fraction of sp³-hybridized carbons (Fsp3) is 0.571. The van der Waals surface area contributed by atoms with E-state index in [1.807, 2.05) is 30.3 Å². The van der Waals surface area contributed by atoms with Gasteiger partial charge in [0.1, 0.15) is 5.75 Å². The maximum atomic E-state index is 12.4. The minimum atomic E-state index is -4.30. The summed E-state index contributed by atoms with van der Waals surface area (Å²) in [4.78, 5) is 29.5. The zero-order valence-corrected chi connectivity index (χ0v) is 26.6. The fourth-order valence-corrected chi connectivity index (χ4v) is 8.26. The average Bonchev–Trinajstić information content (AvgIpc) is 3.77. The largest absolute Gasteiger partial charge is 0.481 e. The van der Waals surface area contributed by atoms with Crippen molar-refractivity contribution in [3.8, 4) is 5.75 Å². The van der Waals surface area contributed by atoms with E-state index in [9.17, 15) is 14.5 Å². The van der Waals surface area contributed by atoms with Gasteiger partial charge in [-0.05, 0) is 105 Å². The number of benzene rings is 2. The van der Waals surface area contributed by atoms with Gasteiger partial charge < -0.3 is 25.4 Å². The van der Waals surface area contributed by atoms with Crippen LogP contribution in [0.1, 0.15) is 86.5 Å². The van der Waals surface area contributed by atoms with E-state index in [4.69, 9.17) is 20.3 Å². The van der Waals surface area contributed by atoms with E-state index in [1.54, 1.807) is 0 Å². The Balaban J connectivity index is 0.000000151. The summed E-state index contributed by atoms with van der Waals surface area (Å²) in [5.41, 5.74) is 9.13. The molecule has 3 saturated carbocycles. The molecule has 1 spiro atoms. The molecule has 3 fully saturated rings. The van der Waals surface area contributed by atoms with Gasteiger partial charge in [-0.15, -0.1) is 6.58 Å². The Labute approximate surface area is 261 Å². The number of aryl methyl sites for hydroxylation is 1. The second kappa shape index (κ2) is 14.0. The molecule has 240 valence electrons. The van der Waals surface area contributed by atoms with E-state index in [-0.39, 0.29) is 18.3 Å². The number of ketones is 1. The summed E-state index contributed by atoms with van der Waals surface area (Å²) in [6.07, 6.45) is 13.7. The number of hydrogen-bond acceptors (Lipinski definition) is 6. The van der Waals surface area contributed by atoms with E-state index in [0.717, 1.165) is 75.1 Å². The summed E-state index contributed by atoms with van der Waals surface area (Å²) in [6, 6.07) is 14.4. The molecular weight excluding hydrogens is 577 g/mol. The van der Waals surface area contributed by atoms with Crippen LogP contribution in [-0.2, 0) is 38.6 Å². The molecule has 2 bridgehead atoms. The van der Waals surface area contributed by atoms with Crippen LogP contribution in [0.4, 0.5) is 0 Å². The number of rotatable bonds is 10. The number of phosphoric ester groups is 1. The van der Waals surface area contributed by atoms with E-state index in [0.29, 0.717) is 19.3 Å². The molecule has 8 nitrogen and oxygen atoms in total. The second-order valence-corrected chi connectivity index (χ2v) is 14.3. The Morgan fingerprint density at radius 2 is 1.82 bits per heavy atom. The molecule has 0 radical (unpaired) electrons. The van der Waals surface area contributed by atoms with Gasteiger partial charge >= 0.3 is 7.82 Å². The maximum absolute atomic E-state index is 12.4. The van der Waals surface area contributed by atoms with Crippen LogP contribution in [0.5, 0.6) is 5.75 Å². The van der Waals surface area contributed by atoms with Crippen molar-refractivity contribution in [3.05, 3.63) is 77.4 Å². The third-order valence-electron chi connectivity index (χ3n) is 10.2. The van der Waals surface area contributed by atoms with E-state index >= 15 is 0 Å². The lowest BCUT2D eigenvalue weighted by Crippen LogP contribution is -2.69. The normalized spacial score (nSPS) is 27.6. The predicted molar refractivity (Wildman–Crippen MR) is 170 cm³/mol. The van der Waals surface area contributed by atoms with Crippen molar-refractivity contribution in [3.63, 3.8) is 0 Å². The van der Waals surface area contributed by atoms with Crippen LogP contribution in [0.2, 0.25) is 0 Å². The van der Waals surface area contributed by atoms with Crippen LogP contribution in [0, 0.1) is 11.8 Å². The number of hydrogen-bond donors (Lipinski definition) is 4. The van der Waals surface area contributed by atoms with Crippen LogP contribution in [-0.4, -0.2) is 45.5 Å². The first-order valence-corrected chi connectivity index (χ1v) is 17.8. The summed E-state index contributed by atoms with van der Waals surface area (Å²) in [7, 11) is -4.30. The number of aliphatic hydroxyl groups is 1. The van der Waals surface area contributed by atoms with Crippen molar-refractivity contribution in [2.24, 2.45) is 17.6 Å². The second-order valence-electron chi connectivity index (χ2n) is 13.0. The van der Waals surface area contributed by atoms with E-state index in [1.165, 1.54) is 29.5 Å². The molecule has 44 heavy (non-hydrogen) atoms. The van der Waals surface area contributed by atoms with E-state index in [2.05, 4.69) is 29.3 Å². The first-order valence-electron chi connectivity index (χ1n) is 16.2. The van der Waals surface area contributed by atoms with Gasteiger partial charge in [0.05, 0.1) is 17.6 Å². The highest BCUT2D eigenvalue weighted by Crippen LogP contribution is 2.65. The Morgan fingerprint density at radius 1 is 1.05 bits per heavy atom. The van der Waals surface area contributed by atoms with Crippen LogP contribution in [0.15, 0.2) is 55.1 Å². The lowest BCUT2D eigenvalue weighted by molar-refractivity contribution is -0.177. The van der Waals surface area contributed by atoms with Crippen LogP contribution < -0.4 is 10.5 Å². The van der Waals surface area contributed by atoms with Crippen molar-refractivity contribution < 1.29 is 33.5 Å². The van der Waals surface area contributed by atoms with Crippen molar-refractivity contribution in [2.45, 2.75) is 101 Å². The number of ether oxygens (including phenoxy) is 1. The highest BCUT2D eigenvalue weighted by atomic mass is 31.2. The number of phosphoric acid groups is 1. The van der Waals surface area contributed by atoms with Gasteiger partial charge in [0, 0.05) is 12.0 Å². The van der Waals surface area contributed by atoms with Crippen LogP contribution in [0.3, 0.4) is 0 Å². The number of Topliss-reactive ketones (excluding diaryl/α,β-unsaturated/α-hetero) is 1. The minimum Gasteiger partial charge on any atom is -0.481 e. The molecular formula is C35H48NO7P. The monoisotopic (exact) mass is 625 g/mol. The SMILES string of the molecule is C=CCc1ccccc1CCCCCOP(=O)(O)O.NCC1CC1.O=C1CCC2(O)C3CCCC24c2c(cccc2OC14)C3. The fourth-order valence-electron chi connectivity index (χ4n) is 7.89. The Morgan fingerprint density at radius 3 is 2.50 bits per heavy atom. The number of unbranched alkanes of at least 4 members (excludes halogenated alkanes) is 2. The zero-order valence-electron chi connectivity index (χ0n) is 25.7. The highest BCUT2D eigenvalue weighted by Gasteiger charge is 2.71. The third kappa shape index (κ3) is 6.91. The molecule has 1 heterocycles. The Kier molecular flexibility index (Phi) is 10.5. The lowest BCUT2D eigenvalue weighted by Gasteiger charge is -2.59. The zero-order chi connectivity index (χ0) is 31.4. The molecule has 0 saturated heterocycles. The molecule has 1 aliphatic heterocycles. The van der Waals surface area contributed by atoms with Crippen molar-refractivity contribution in [2.75, 3.05) is 13.2 Å². The molecule has 4 atom stereocenters. The minimum absolute atomic E-state index is 0.110. The molecule has 5 aliphatic rings. The molecule has 5 N–H and O–H groups in total. The Hall–Kier alpha value is -2.32. The standard InChI is InChI=1S/C17H18O3.C14H21O4P.C4H9N/c18-12-6-8-17(19)11-4-2-7-16(17)14-10(9-11)3-1-5-13(14)20-15(12)16;1-2-8-13-10-5-6-11-14(13)9-4-3-7-12-18-19(15,16)17;5-3-4-1-2-4/h1,3,5,11,15,19H,2,4,6-9H2;2,5-6,10-11H,1,3-4,7-9,12H2,(H2,15,16,17);4H,1-3,5H2. The van der Waals surface area contributed by atoms with Crippen LogP contribution >= 0.6 is 7.82 Å². The molecule has 0 aromatic heterocycles.